The molecule has 152 valence electrons. The zero-order valence-corrected chi connectivity index (χ0v) is 16.6. The van der Waals surface area contributed by atoms with Crippen LogP contribution < -0.4 is 5.32 Å². The molecule has 0 aliphatic heterocycles. The van der Waals surface area contributed by atoms with Crippen LogP contribution in [0.1, 0.15) is 36.3 Å². The van der Waals surface area contributed by atoms with Crippen molar-refractivity contribution in [3.05, 3.63) is 51.4 Å². The van der Waals surface area contributed by atoms with E-state index in [-0.39, 0.29) is 18.1 Å². The Morgan fingerprint density at radius 1 is 1.34 bits per heavy atom. The lowest BCUT2D eigenvalue weighted by Crippen LogP contribution is -2.25. The van der Waals surface area contributed by atoms with Gasteiger partial charge in [-0.25, -0.2) is 8.78 Å². The van der Waals surface area contributed by atoms with E-state index >= 15 is 0 Å². The summed E-state index contributed by atoms with van der Waals surface area (Å²) in [5, 5.41) is 11.5. The average Bonchev–Trinajstić information content (AvgIpc) is 3.13. The van der Waals surface area contributed by atoms with Gasteiger partial charge in [-0.05, 0) is 36.6 Å². The van der Waals surface area contributed by atoms with Gasteiger partial charge in [-0.2, -0.15) is 10.1 Å². The summed E-state index contributed by atoms with van der Waals surface area (Å²) >= 11 is 12.3. The molecule has 0 atom stereocenters. The predicted molar refractivity (Wildman–Crippen MR) is 101 cm³/mol. The third-order valence-electron chi connectivity index (χ3n) is 4.88. The molecular weight excluding hydrogens is 427 g/mol. The number of amides is 1. The fourth-order valence-electron chi connectivity index (χ4n) is 3.19. The Balaban J connectivity index is 1.68. The van der Waals surface area contributed by atoms with Crippen molar-refractivity contribution in [1.29, 1.82) is 0 Å². The van der Waals surface area contributed by atoms with Crippen molar-refractivity contribution in [3.63, 3.8) is 0 Å². The Bertz CT molecular complexity index is 1080. The summed E-state index contributed by atoms with van der Waals surface area (Å²) in [5.41, 5.74) is -0.0138. The van der Waals surface area contributed by atoms with Gasteiger partial charge in [-0.1, -0.05) is 34.4 Å². The standard InChI is InChI=1S/C18H15Cl2F2N5O2/c1-23-14(28)8-27-13(15(21)22)7-12(25-27)16-24-17(26-29-16)18(4-5-18)10-3-2-9(19)6-11(10)20/h2-3,6-7,15H,4-5,8H2,1H3,(H,23,28). The van der Waals surface area contributed by atoms with Crippen molar-refractivity contribution >= 4 is 29.1 Å². The van der Waals surface area contributed by atoms with E-state index in [2.05, 4.69) is 20.6 Å². The fourth-order valence-corrected chi connectivity index (χ4v) is 3.78. The number of alkyl halides is 2. The highest BCUT2D eigenvalue weighted by molar-refractivity contribution is 6.35. The molecule has 0 spiro atoms. The van der Waals surface area contributed by atoms with Crippen LogP contribution in [0.25, 0.3) is 11.6 Å². The summed E-state index contributed by atoms with van der Waals surface area (Å²) in [5.74, 6) is -0.0628. The van der Waals surface area contributed by atoms with Gasteiger partial charge in [0.2, 0.25) is 5.91 Å². The van der Waals surface area contributed by atoms with Crippen LogP contribution in [0.5, 0.6) is 0 Å². The van der Waals surface area contributed by atoms with Gasteiger partial charge in [0.1, 0.15) is 12.2 Å². The Kier molecular flexibility index (Phi) is 5.04. The van der Waals surface area contributed by atoms with Crippen molar-refractivity contribution in [1.82, 2.24) is 25.2 Å². The number of carbonyl (C=O) groups is 1. The van der Waals surface area contributed by atoms with Gasteiger partial charge >= 0.3 is 0 Å². The number of hydrogen-bond acceptors (Lipinski definition) is 5. The van der Waals surface area contributed by atoms with Gasteiger partial charge in [0.05, 0.1) is 5.41 Å². The Morgan fingerprint density at radius 3 is 2.72 bits per heavy atom. The maximum Gasteiger partial charge on any atom is 0.280 e. The molecule has 7 nitrogen and oxygen atoms in total. The molecule has 1 amide bonds. The second kappa shape index (κ2) is 7.38. The maximum absolute atomic E-state index is 13.3. The molecule has 1 fully saturated rings. The van der Waals surface area contributed by atoms with E-state index < -0.39 is 23.4 Å². The summed E-state index contributed by atoms with van der Waals surface area (Å²) in [4.78, 5) is 15.9. The van der Waals surface area contributed by atoms with Crippen LogP contribution in [0, 0.1) is 0 Å². The summed E-state index contributed by atoms with van der Waals surface area (Å²) in [6.07, 6.45) is -1.28. The maximum atomic E-state index is 13.3. The van der Waals surface area contributed by atoms with Crippen molar-refractivity contribution in [2.75, 3.05) is 7.05 Å². The first-order chi connectivity index (χ1) is 13.8. The van der Waals surface area contributed by atoms with Crippen LogP contribution in [0.3, 0.4) is 0 Å². The highest BCUT2D eigenvalue weighted by atomic mass is 35.5. The van der Waals surface area contributed by atoms with E-state index in [1.807, 2.05) is 6.07 Å². The zero-order chi connectivity index (χ0) is 20.8. The van der Waals surface area contributed by atoms with Gasteiger partial charge in [-0.3, -0.25) is 9.48 Å². The molecule has 11 heteroatoms. The van der Waals surface area contributed by atoms with Gasteiger partial charge in [0.25, 0.3) is 12.3 Å². The minimum atomic E-state index is -2.81. The van der Waals surface area contributed by atoms with Gasteiger partial charge < -0.3 is 9.84 Å². The molecule has 1 aliphatic rings. The number of nitrogens with zero attached hydrogens (tertiary/aromatic N) is 4. The second-order valence-corrected chi connectivity index (χ2v) is 7.56. The number of rotatable bonds is 6. The number of halogens is 4. The minimum absolute atomic E-state index is 0.00563. The SMILES string of the molecule is CNC(=O)Cn1nc(-c2nc(C3(c4ccc(Cl)cc4Cl)CC3)no2)cc1C(F)F. The van der Waals surface area contributed by atoms with Crippen LogP contribution in [-0.2, 0) is 16.8 Å². The third kappa shape index (κ3) is 3.60. The van der Waals surface area contributed by atoms with Gasteiger partial charge in [0, 0.05) is 17.1 Å². The molecule has 1 saturated carbocycles. The van der Waals surface area contributed by atoms with Crippen LogP contribution in [0.2, 0.25) is 10.0 Å². The van der Waals surface area contributed by atoms with Crippen LogP contribution in [0.15, 0.2) is 28.8 Å². The number of nitrogens with one attached hydrogen (secondary N) is 1. The molecule has 2 aromatic heterocycles. The van der Waals surface area contributed by atoms with Gasteiger partial charge in [0.15, 0.2) is 11.5 Å². The molecule has 2 heterocycles. The summed E-state index contributed by atoms with van der Waals surface area (Å²) in [7, 11) is 1.41. The van der Waals surface area contributed by atoms with Crippen molar-refractivity contribution in [2.24, 2.45) is 0 Å². The topological polar surface area (TPSA) is 85.8 Å². The zero-order valence-electron chi connectivity index (χ0n) is 15.1. The first kappa shape index (κ1) is 19.8. The second-order valence-electron chi connectivity index (χ2n) is 6.72. The van der Waals surface area contributed by atoms with Crippen molar-refractivity contribution in [2.45, 2.75) is 31.2 Å². The normalized spacial score (nSPS) is 15.0. The first-order valence-electron chi connectivity index (χ1n) is 8.70. The molecule has 4 rings (SSSR count). The van der Waals surface area contributed by atoms with E-state index in [4.69, 9.17) is 27.7 Å². The molecule has 0 bridgehead atoms. The number of aromatic nitrogens is 4. The summed E-state index contributed by atoms with van der Waals surface area (Å²) in [6.45, 7) is -0.346. The van der Waals surface area contributed by atoms with Crippen LogP contribution in [0.4, 0.5) is 8.78 Å². The molecule has 1 N–H and O–H groups in total. The van der Waals surface area contributed by atoms with Crippen molar-refractivity contribution in [3.8, 4) is 11.6 Å². The van der Waals surface area contributed by atoms with E-state index in [1.165, 1.54) is 7.05 Å². The fraction of sp³-hybridized carbons (Fsp3) is 0.333. The van der Waals surface area contributed by atoms with E-state index in [9.17, 15) is 13.6 Å². The monoisotopic (exact) mass is 441 g/mol. The Labute approximate surface area is 174 Å². The summed E-state index contributed by atoms with van der Waals surface area (Å²) < 4.78 is 32.9. The molecule has 1 aromatic carbocycles. The molecule has 29 heavy (non-hydrogen) atoms. The van der Waals surface area contributed by atoms with Crippen LogP contribution in [-0.4, -0.2) is 32.9 Å². The predicted octanol–water partition coefficient (Wildman–Crippen LogP) is 4.00. The number of benzene rings is 1. The third-order valence-corrected chi connectivity index (χ3v) is 5.42. The van der Waals surface area contributed by atoms with E-state index in [1.54, 1.807) is 12.1 Å². The highest BCUT2D eigenvalue weighted by Crippen LogP contribution is 2.54. The molecular formula is C18H15Cl2F2N5O2. The van der Waals surface area contributed by atoms with Gasteiger partial charge in [-0.15, -0.1) is 0 Å². The van der Waals surface area contributed by atoms with E-state index in [0.29, 0.717) is 15.9 Å². The molecule has 3 aromatic rings. The Morgan fingerprint density at radius 2 is 2.10 bits per heavy atom. The largest absolute Gasteiger partial charge is 0.358 e. The first-order valence-corrected chi connectivity index (χ1v) is 9.46. The average molecular weight is 442 g/mol. The van der Waals surface area contributed by atoms with Crippen molar-refractivity contribution < 1.29 is 18.1 Å². The lowest BCUT2D eigenvalue weighted by Gasteiger charge is -2.13. The quantitative estimate of drug-likeness (QED) is 0.624. The molecule has 1 aliphatic carbocycles. The molecule has 0 saturated heterocycles. The van der Waals surface area contributed by atoms with E-state index in [0.717, 1.165) is 29.2 Å². The lowest BCUT2D eigenvalue weighted by atomic mass is 9.95. The number of carbonyl (C=O) groups excluding carboxylic acids is 1. The molecule has 0 unspecified atom stereocenters. The Hall–Kier alpha value is -2.52. The highest BCUT2D eigenvalue weighted by Gasteiger charge is 2.51. The van der Waals surface area contributed by atoms with Crippen LogP contribution >= 0.6 is 23.2 Å². The molecule has 0 radical (unpaired) electrons. The lowest BCUT2D eigenvalue weighted by molar-refractivity contribution is -0.121. The number of hydrogen-bond donors (Lipinski definition) is 1. The summed E-state index contributed by atoms with van der Waals surface area (Å²) in [6, 6.07) is 6.34. The number of likely N-dealkylation sites (N-methyl/N-ethyl adjacent to an activating group) is 1. The minimum Gasteiger partial charge on any atom is -0.358 e. The smallest absolute Gasteiger partial charge is 0.280 e.